The molecular weight excluding hydrogens is 311 g/mol. The van der Waals surface area contributed by atoms with Gasteiger partial charge in [-0.1, -0.05) is 12.1 Å². The number of methoxy groups -OCH3 is 1. The molecule has 5 nitrogen and oxygen atoms in total. The fourth-order valence-corrected chi connectivity index (χ4v) is 3.22. The Morgan fingerprint density at radius 1 is 1.42 bits per heavy atom. The first-order valence-electron chi connectivity index (χ1n) is 7.76. The lowest BCUT2D eigenvalue weighted by Crippen LogP contribution is -2.23. The lowest BCUT2D eigenvalue weighted by atomic mass is 9.90. The number of nitrogens with zero attached hydrogens (tertiary/aromatic N) is 2. The fourth-order valence-electron chi connectivity index (χ4n) is 3.22. The first-order valence-corrected chi connectivity index (χ1v) is 7.76. The second kappa shape index (κ2) is 6.97. The van der Waals surface area contributed by atoms with Crippen molar-refractivity contribution in [3.8, 4) is 5.75 Å². The van der Waals surface area contributed by atoms with Crippen molar-refractivity contribution in [2.24, 2.45) is 5.92 Å². The molecule has 1 N–H and O–H groups in total. The SMILES string of the molecule is COc1ccc(CN2C[C@@H](C(=O)O)[C@H](c3cccnc3)C2)c(F)c1. The highest BCUT2D eigenvalue weighted by atomic mass is 19.1. The smallest absolute Gasteiger partial charge is 0.308 e. The van der Waals surface area contributed by atoms with Crippen molar-refractivity contribution in [2.45, 2.75) is 12.5 Å². The van der Waals surface area contributed by atoms with Crippen LogP contribution in [0.3, 0.4) is 0 Å². The second-order valence-electron chi connectivity index (χ2n) is 5.99. The number of hydrogen-bond acceptors (Lipinski definition) is 4. The lowest BCUT2D eigenvalue weighted by molar-refractivity contribution is -0.141. The molecule has 1 aromatic carbocycles. The molecule has 2 atom stereocenters. The third-order valence-corrected chi connectivity index (χ3v) is 4.48. The monoisotopic (exact) mass is 330 g/mol. The largest absolute Gasteiger partial charge is 0.497 e. The summed E-state index contributed by atoms with van der Waals surface area (Å²) in [6.07, 6.45) is 3.37. The predicted molar refractivity (Wildman–Crippen MR) is 86.3 cm³/mol. The number of likely N-dealkylation sites (tertiary alicyclic amines) is 1. The zero-order chi connectivity index (χ0) is 17.1. The van der Waals surface area contributed by atoms with Crippen LogP contribution in [0.1, 0.15) is 17.0 Å². The van der Waals surface area contributed by atoms with E-state index in [0.29, 0.717) is 30.9 Å². The van der Waals surface area contributed by atoms with Crippen molar-refractivity contribution in [2.75, 3.05) is 20.2 Å². The summed E-state index contributed by atoms with van der Waals surface area (Å²) in [5.74, 6) is -1.37. The summed E-state index contributed by atoms with van der Waals surface area (Å²) in [4.78, 5) is 17.6. The normalized spacial score (nSPS) is 20.9. The summed E-state index contributed by atoms with van der Waals surface area (Å²) in [5, 5.41) is 9.51. The van der Waals surface area contributed by atoms with Gasteiger partial charge in [0.15, 0.2) is 0 Å². The number of hydrogen-bond donors (Lipinski definition) is 1. The number of carboxylic acids is 1. The minimum absolute atomic E-state index is 0.141. The summed E-state index contributed by atoms with van der Waals surface area (Å²) in [5.41, 5.74) is 1.44. The number of aromatic nitrogens is 1. The molecule has 126 valence electrons. The van der Waals surface area contributed by atoms with Crippen LogP contribution in [-0.2, 0) is 11.3 Å². The van der Waals surface area contributed by atoms with Gasteiger partial charge in [0, 0.05) is 49.6 Å². The van der Waals surface area contributed by atoms with E-state index in [1.165, 1.54) is 13.2 Å². The average molecular weight is 330 g/mol. The van der Waals surface area contributed by atoms with Crippen molar-refractivity contribution in [1.29, 1.82) is 0 Å². The van der Waals surface area contributed by atoms with Gasteiger partial charge in [0.1, 0.15) is 11.6 Å². The highest BCUT2D eigenvalue weighted by Crippen LogP contribution is 2.33. The van der Waals surface area contributed by atoms with Gasteiger partial charge in [0.2, 0.25) is 0 Å². The van der Waals surface area contributed by atoms with Crippen molar-refractivity contribution in [3.05, 3.63) is 59.7 Å². The lowest BCUT2D eigenvalue weighted by Gasteiger charge is -2.16. The zero-order valence-electron chi connectivity index (χ0n) is 13.4. The molecule has 1 saturated heterocycles. The van der Waals surface area contributed by atoms with Crippen LogP contribution in [0, 0.1) is 11.7 Å². The molecule has 0 amide bonds. The van der Waals surface area contributed by atoms with Gasteiger partial charge in [-0.05, 0) is 17.7 Å². The van der Waals surface area contributed by atoms with Gasteiger partial charge in [0.05, 0.1) is 13.0 Å². The Labute approximate surface area is 139 Å². The van der Waals surface area contributed by atoms with E-state index >= 15 is 0 Å². The Bertz CT molecular complexity index is 723. The summed E-state index contributed by atoms with van der Waals surface area (Å²) < 4.78 is 19.1. The van der Waals surface area contributed by atoms with Gasteiger partial charge in [-0.15, -0.1) is 0 Å². The zero-order valence-corrected chi connectivity index (χ0v) is 13.4. The minimum Gasteiger partial charge on any atom is -0.497 e. The molecule has 1 aromatic heterocycles. The molecule has 1 aliphatic heterocycles. The number of aliphatic carboxylic acids is 1. The first kappa shape index (κ1) is 16.4. The van der Waals surface area contributed by atoms with Gasteiger partial charge in [0.25, 0.3) is 0 Å². The summed E-state index contributed by atoms with van der Waals surface area (Å²) in [6.45, 7) is 1.32. The van der Waals surface area contributed by atoms with E-state index in [2.05, 4.69) is 4.98 Å². The van der Waals surface area contributed by atoms with Crippen LogP contribution in [0.5, 0.6) is 5.75 Å². The van der Waals surface area contributed by atoms with Gasteiger partial charge in [-0.25, -0.2) is 4.39 Å². The Balaban J connectivity index is 1.77. The number of halogens is 1. The van der Waals surface area contributed by atoms with Crippen LogP contribution in [0.15, 0.2) is 42.7 Å². The maximum absolute atomic E-state index is 14.1. The van der Waals surface area contributed by atoms with Crippen LogP contribution in [-0.4, -0.2) is 41.2 Å². The molecule has 0 spiro atoms. The highest BCUT2D eigenvalue weighted by molar-refractivity contribution is 5.72. The van der Waals surface area contributed by atoms with Crippen molar-refractivity contribution < 1.29 is 19.0 Å². The molecule has 0 unspecified atom stereocenters. The van der Waals surface area contributed by atoms with E-state index < -0.39 is 11.9 Å². The molecule has 0 saturated carbocycles. The van der Waals surface area contributed by atoms with Crippen LogP contribution < -0.4 is 4.74 Å². The predicted octanol–water partition coefficient (Wildman–Crippen LogP) is 2.53. The first-order chi connectivity index (χ1) is 11.6. The molecule has 2 aromatic rings. The Hall–Kier alpha value is -2.47. The van der Waals surface area contributed by atoms with E-state index in [1.807, 2.05) is 11.0 Å². The maximum Gasteiger partial charge on any atom is 0.308 e. The number of carboxylic acid groups (broad SMARTS) is 1. The second-order valence-corrected chi connectivity index (χ2v) is 5.99. The van der Waals surface area contributed by atoms with Crippen LogP contribution in [0.25, 0.3) is 0 Å². The van der Waals surface area contributed by atoms with Crippen LogP contribution >= 0.6 is 0 Å². The number of carbonyl (C=O) groups is 1. The summed E-state index contributed by atoms with van der Waals surface area (Å²) in [7, 11) is 1.49. The highest BCUT2D eigenvalue weighted by Gasteiger charge is 2.38. The fraction of sp³-hybridized carbons (Fsp3) is 0.333. The number of benzene rings is 1. The minimum atomic E-state index is -0.832. The molecule has 0 aliphatic carbocycles. The molecule has 3 rings (SSSR count). The Morgan fingerprint density at radius 2 is 2.25 bits per heavy atom. The van der Waals surface area contributed by atoms with Gasteiger partial charge in [-0.2, -0.15) is 0 Å². The molecule has 2 heterocycles. The van der Waals surface area contributed by atoms with Crippen molar-refractivity contribution in [1.82, 2.24) is 9.88 Å². The third-order valence-electron chi connectivity index (χ3n) is 4.48. The molecule has 24 heavy (non-hydrogen) atoms. The molecule has 0 radical (unpaired) electrons. The van der Waals surface area contributed by atoms with E-state index in [1.54, 1.807) is 30.6 Å². The number of ether oxygens (including phenoxy) is 1. The Kier molecular flexibility index (Phi) is 4.76. The molecule has 1 aliphatic rings. The van der Waals surface area contributed by atoms with E-state index in [0.717, 1.165) is 5.56 Å². The Morgan fingerprint density at radius 3 is 2.88 bits per heavy atom. The molecule has 6 heteroatoms. The maximum atomic E-state index is 14.1. The third kappa shape index (κ3) is 3.38. The van der Waals surface area contributed by atoms with Crippen molar-refractivity contribution >= 4 is 5.97 Å². The topological polar surface area (TPSA) is 62.7 Å². The van der Waals surface area contributed by atoms with Gasteiger partial charge >= 0.3 is 5.97 Å². The van der Waals surface area contributed by atoms with Crippen LogP contribution in [0.4, 0.5) is 4.39 Å². The molecule has 1 fully saturated rings. The molecular formula is C18H19FN2O3. The van der Waals surface area contributed by atoms with Gasteiger partial charge < -0.3 is 9.84 Å². The van der Waals surface area contributed by atoms with E-state index in [-0.39, 0.29) is 11.7 Å². The van der Waals surface area contributed by atoms with E-state index in [9.17, 15) is 14.3 Å². The van der Waals surface area contributed by atoms with E-state index in [4.69, 9.17) is 4.74 Å². The quantitative estimate of drug-likeness (QED) is 0.913. The summed E-state index contributed by atoms with van der Waals surface area (Å²) >= 11 is 0. The van der Waals surface area contributed by atoms with Gasteiger partial charge in [-0.3, -0.25) is 14.7 Å². The van der Waals surface area contributed by atoms with Crippen LogP contribution in [0.2, 0.25) is 0 Å². The summed E-state index contributed by atoms with van der Waals surface area (Å²) in [6, 6.07) is 8.44. The van der Waals surface area contributed by atoms with Crippen molar-refractivity contribution in [3.63, 3.8) is 0 Å². The average Bonchev–Trinajstić information content (AvgIpc) is 3.02. The number of pyridine rings is 1. The number of rotatable bonds is 5. The molecule has 0 bridgehead atoms. The standard InChI is InChI=1S/C18H19FN2O3/c1-24-14-5-4-13(17(19)7-14)9-21-10-15(16(11-21)18(22)23)12-3-2-6-20-8-12/h2-8,15-16H,9-11H2,1H3,(H,22,23)/t15-,16+/m0/s1.